The normalized spacial score (nSPS) is 16.1. The number of hydrogen-bond donors (Lipinski definition) is 3. The van der Waals surface area contributed by atoms with Crippen molar-refractivity contribution in [2.45, 2.75) is 32.2 Å². The number of rotatable bonds is 8. The van der Waals surface area contributed by atoms with Crippen molar-refractivity contribution < 1.29 is 0 Å². The molecule has 0 aliphatic carbocycles. The van der Waals surface area contributed by atoms with E-state index >= 15 is 0 Å². The molecule has 0 bridgehead atoms. The van der Waals surface area contributed by atoms with E-state index in [0.717, 1.165) is 62.0 Å². The predicted molar refractivity (Wildman–Crippen MR) is 124 cm³/mol. The van der Waals surface area contributed by atoms with Crippen molar-refractivity contribution in [2.75, 3.05) is 32.7 Å². The second kappa shape index (κ2) is 10.3. The van der Waals surface area contributed by atoms with E-state index in [-0.39, 0.29) is 0 Å². The summed E-state index contributed by atoms with van der Waals surface area (Å²) >= 11 is 0. The van der Waals surface area contributed by atoms with Gasteiger partial charge >= 0.3 is 0 Å². The highest BCUT2D eigenvalue weighted by atomic mass is 15.2. The summed E-state index contributed by atoms with van der Waals surface area (Å²) in [5, 5.41) is 6.85. The van der Waals surface area contributed by atoms with Gasteiger partial charge in [0, 0.05) is 19.5 Å². The minimum Gasteiger partial charge on any atom is -0.357 e. The minimum atomic E-state index is 0.333. The van der Waals surface area contributed by atoms with Crippen LogP contribution in [0, 0.1) is 0 Å². The van der Waals surface area contributed by atoms with Crippen LogP contribution in [-0.2, 0) is 6.42 Å². The van der Waals surface area contributed by atoms with Crippen LogP contribution < -0.4 is 10.6 Å². The predicted octanol–water partition coefficient (Wildman–Crippen LogP) is 3.50. The lowest BCUT2D eigenvalue weighted by Crippen LogP contribution is -2.39. The molecule has 3 aromatic rings. The van der Waals surface area contributed by atoms with Crippen LogP contribution >= 0.6 is 0 Å². The molecule has 158 valence electrons. The maximum Gasteiger partial charge on any atom is 0.191 e. The molecule has 1 aliphatic heterocycles. The third-order valence-electron chi connectivity index (χ3n) is 5.63. The van der Waals surface area contributed by atoms with Crippen LogP contribution in [0.25, 0.3) is 11.0 Å². The standard InChI is InChI=1S/C24H32N6/c1-2-25-24(26-15-14-23-28-20-12-6-7-13-21(20)29-23)27-18-22(30-16-8-9-17-30)19-10-4-3-5-11-19/h3-7,10-13,22H,2,8-9,14-18H2,1H3,(H,28,29)(H2,25,26,27). The number of aromatic amines is 1. The Morgan fingerprint density at radius 3 is 2.60 bits per heavy atom. The van der Waals surface area contributed by atoms with Crippen molar-refractivity contribution >= 4 is 17.0 Å². The fraction of sp³-hybridized carbons (Fsp3) is 0.417. The Morgan fingerprint density at radius 1 is 1.07 bits per heavy atom. The Morgan fingerprint density at radius 2 is 1.83 bits per heavy atom. The van der Waals surface area contributed by atoms with E-state index in [9.17, 15) is 0 Å². The zero-order valence-electron chi connectivity index (χ0n) is 17.8. The summed E-state index contributed by atoms with van der Waals surface area (Å²) in [5.74, 6) is 1.87. The average Bonchev–Trinajstić information content (AvgIpc) is 3.44. The van der Waals surface area contributed by atoms with Crippen LogP contribution in [0.4, 0.5) is 0 Å². The lowest BCUT2D eigenvalue weighted by Gasteiger charge is -2.27. The summed E-state index contributed by atoms with van der Waals surface area (Å²) in [6.45, 7) is 6.80. The van der Waals surface area contributed by atoms with E-state index in [2.05, 4.69) is 68.8 Å². The van der Waals surface area contributed by atoms with E-state index in [4.69, 9.17) is 4.99 Å². The fourth-order valence-electron chi connectivity index (χ4n) is 4.10. The van der Waals surface area contributed by atoms with Gasteiger partial charge in [0.1, 0.15) is 5.82 Å². The molecule has 1 aromatic heterocycles. The van der Waals surface area contributed by atoms with Crippen LogP contribution in [0.1, 0.15) is 37.2 Å². The molecule has 1 aliphatic rings. The molecule has 1 atom stereocenters. The van der Waals surface area contributed by atoms with Gasteiger partial charge in [-0.25, -0.2) is 4.98 Å². The van der Waals surface area contributed by atoms with Gasteiger partial charge in [-0.05, 0) is 50.6 Å². The lowest BCUT2D eigenvalue weighted by atomic mass is 10.1. The first-order valence-electron chi connectivity index (χ1n) is 11.1. The Labute approximate surface area is 178 Å². The van der Waals surface area contributed by atoms with Crippen molar-refractivity contribution in [3.05, 3.63) is 66.0 Å². The quantitative estimate of drug-likeness (QED) is 0.397. The number of likely N-dealkylation sites (tertiary alicyclic amines) is 1. The van der Waals surface area contributed by atoms with Gasteiger partial charge in [-0.1, -0.05) is 42.5 Å². The third kappa shape index (κ3) is 5.19. The van der Waals surface area contributed by atoms with E-state index < -0.39 is 0 Å². The molecule has 0 saturated carbocycles. The molecule has 1 unspecified atom stereocenters. The summed E-state index contributed by atoms with van der Waals surface area (Å²) in [7, 11) is 0. The highest BCUT2D eigenvalue weighted by Gasteiger charge is 2.23. The number of nitrogens with one attached hydrogen (secondary N) is 3. The van der Waals surface area contributed by atoms with E-state index in [1.54, 1.807) is 0 Å². The zero-order chi connectivity index (χ0) is 20.6. The fourth-order valence-corrected chi connectivity index (χ4v) is 4.10. The Kier molecular flexibility index (Phi) is 6.98. The highest BCUT2D eigenvalue weighted by molar-refractivity contribution is 5.79. The summed E-state index contributed by atoms with van der Waals surface area (Å²) < 4.78 is 0. The van der Waals surface area contributed by atoms with Gasteiger partial charge in [0.2, 0.25) is 0 Å². The minimum absolute atomic E-state index is 0.333. The largest absolute Gasteiger partial charge is 0.357 e. The average molecular weight is 405 g/mol. The van der Waals surface area contributed by atoms with Gasteiger partial charge in [-0.2, -0.15) is 0 Å². The monoisotopic (exact) mass is 404 g/mol. The highest BCUT2D eigenvalue weighted by Crippen LogP contribution is 2.25. The molecule has 6 nitrogen and oxygen atoms in total. The molecule has 0 spiro atoms. The second-order valence-electron chi connectivity index (χ2n) is 7.77. The molecule has 2 heterocycles. The number of guanidine groups is 1. The summed E-state index contributed by atoms with van der Waals surface area (Å²) in [6, 6.07) is 19.3. The molecular formula is C24H32N6. The smallest absolute Gasteiger partial charge is 0.191 e. The summed E-state index contributed by atoms with van der Waals surface area (Å²) in [5.41, 5.74) is 3.45. The SMILES string of the molecule is CCNC(=NCC(c1ccccc1)N1CCCC1)NCCc1nc2ccccc2[nH]1. The zero-order valence-corrected chi connectivity index (χ0v) is 17.8. The van der Waals surface area contributed by atoms with Gasteiger partial charge in [-0.15, -0.1) is 0 Å². The van der Waals surface area contributed by atoms with Crippen LogP contribution in [0.15, 0.2) is 59.6 Å². The number of para-hydroxylation sites is 2. The molecule has 3 N–H and O–H groups in total. The van der Waals surface area contributed by atoms with Crippen molar-refractivity contribution in [3.8, 4) is 0 Å². The number of nitrogens with zero attached hydrogens (tertiary/aromatic N) is 3. The van der Waals surface area contributed by atoms with Crippen molar-refractivity contribution in [3.63, 3.8) is 0 Å². The van der Waals surface area contributed by atoms with Crippen LogP contribution in [0.3, 0.4) is 0 Å². The lowest BCUT2D eigenvalue weighted by molar-refractivity contribution is 0.251. The van der Waals surface area contributed by atoms with Gasteiger partial charge < -0.3 is 15.6 Å². The summed E-state index contributed by atoms with van der Waals surface area (Å²) in [4.78, 5) is 15.5. The molecule has 6 heteroatoms. The molecule has 30 heavy (non-hydrogen) atoms. The second-order valence-corrected chi connectivity index (χ2v) is 7.77. The first-order valence-corrected chi connectivity index (χ1v) is 11.1. The number of H-pyrrole nitrogens is 1. The molecular weight excluding hydrogens is 372 g/mol. The van der Waals surface area contributed by atoms with E-state index in [0.29, 0.717) is 6.04 Å². The molecule has 4 rings (SSSR count). The summed E-state index contributed by atoms with van der Waals surface area (Å²) in [6.07, 6.45) is 3.39. The van der Waals surface area contributed by atoms with Gasteiger partial charge in [-0.3, -0.25) is 9.89 Å². The molecule has 0 radical (unpaired) electrons. The van der Waals surface area contributed by atoms with E-state index in [1.165, 1.54) is 18.4 Å². The van der Waals surface area contributed by atoms with Crippen molar-refractivity contribution in [1.82, 2.24) is 25.5 Å². The van der Waals surface area contributed by atoms with Crippen molar-refractivity contribution in [2.24, 2.45) is 4.99 Å². The first kappa shape index (κ1) is 20.4. The topological polar surface area (TPSA) is 68.3 Å². The molecule has 1 fully saturated rings. The van der Waals surface area contributed by atoms with Crippen LogP contribution in [0.5, 0.6) is 0 Å². The Bertz CT molecular complexity index is 909. The maximum atomic E-state index is 4.93. The number of fused-ring (bicyclic) bond motifs is 1. The number of benzene rings is 2. The number of aromatic nitrogens is 2. The van der Waals surface area contributed by atoms with Gasteiger partial charge in [0.15, 0.2) is 5.96 Å². The number of imidazole rings is 1. The van der Waals surface area contributed by atoms with Gasteiger partial charge in [0.05, 0.1) is 23.6 Å². The Balaban J connectivity index is 1.39. The van der Waals surface area contributed by atoms with Crippen molar-refractivity contribution in [1.29, 1.82) is 0 Å². The molecule has 1 saturated heterocycles. The number of hydrogen-bond acceptors (Lipinski definition) is 3. The van der Waals surface area contributed by atoms with Crippen LogP contribution in [-0.4, -0.2) is 53.6 Å². The third-order valence-corrected chi connectivity index (χ3v) is 5.63. The Hall–Kier alpha value is -2.86. The molecule has 2 aromatic carbocycles. The number of aliphatic imine (C=N–C) groups is 1. The van der Waals surface area contributed by atoms with E-state index in [1.807, 2.05) is 18.2 Å². The molecule has 0 amide bonds. The van der Waals surface area contributed by atoms with Gasteiger partial charge in [0.25, 0.3) is 0 Å². The van der Waals surface area contributed by atoms with Crippen LogP contribution in [0.2, 0.25) is 0 Å². The maximum absolute atomic E-state index is 4.93. The first-order chi connectivity index (χ1) is 14.8.